The molecule has 1 aromatic carbocycles. The van der Waals surface area contributed by atoms with Crippen LogP contribution in [0.2, 0.25) is 5.02 Å². The summed E-state index contributed by atoms with van der Waals surface area (Å²) in [4.78, 5) is 7.22. The summed E-state index contributed by atoms with van der Waals surface area (Å²) < 4.78 is 0. The monoisotopic (exact) mass is 387 g/mol. The second-order valence-corrected chi connectivity index (χ2v) is 8.56. The number of pyridine rings is 1. The first kappa shape index (κ1) is 19.0. The van der Waals surface area contributed by atoms with Crippen LogP contribution in [0.25, 0.3) is 10.9 Å². The largest absolute Gasteiger partial charge is 0.391 e. The van der Waals surface area contributed by atoms with E-state index in [1.165, 1.54) is 44.1 Å². The molecule has 0 bridgehead atoms. The molecule has 0 radical (unpaired) electrons. The number of hydrogen-bond acceptors (Lipinski definition) is 4. The van der Waals surface area contributed by atoms with Gasteiger partial charge < -0.3 is 15.3 Å². The number of anilines is 1. The van der Waals surface area contributed by atoms with E-state index >= 15 is 0 Å². The lowest BCUT2D eigenvalue weighted by molar-refractivity contribution is 0.154. The number of nitrogens with one attached hydrogen (secondary N) is 1. The van der Waals surface area contributed by atoms with Gasteiger partial charge in [-0.05, 0) is 43.9 Å². The van der Waals surface area contributed by atoms with Gasteiger partial charge in [0.1, 0.15) is 5.82 Å². The Morgan fingerprint density at radius 2 is 1.89 bits per heavy atom. The first-order valence-corrected chi connectivity index (χ1v) is 10.8. The number of nitrogens with zero attached hydrogens (tertiary/aromatic N) is 2. The molecule has 1 atom stereocenters. The molecule has 2 N–H and O–H groups in total. The SMILES string of the molecule is OC1CCCN(c2nc3cc(Cl)ccc3cc2CNC2CCCCCC2)C1. The van der Waals surface area contributed by atoms with Crippen LogP contribution in [0.1, 0.15) is 56.9 Å². The minimum atomic E-state index is -0.265. The lowest BCUT2D eigenvalue weighted by atomic mass is 10.1. The average Bonchev–Trinajstić information content (AvgIpc) is 2.94. The van der Waals surface area contributed by atoms with Gasteiger partial charge in [-0.25, -0.2) is 4.98 Å². The van der Waals surface area contributed by atoms with E-state index in [4.69, 9.17) is 16.6 Å². The molecule has 0 amide bonds. The molecular formula is C22H30ClN3O. The normalized spacial score (nSPS) is 22.1. The third-order valence-electron chi connectivity index (χ3n) is 5.97. The van der Waals surface area contributed by atoms with Gasteiger partial charge in [0, 0.05) is 41.6 Å². The smallest absolute Gasteiger partial charge is 0.133 e. The summed E-state index contributed by atoms with van der Waals surface area (Å²) in [5, 5.41) is 15.8. The van der Waals surface area contributed by atoms with Gasteiger partial charge in [0.05, 0.1) is 11.6 Å². The molecule has 1 unspecified atom stereocenters. The van der Waals surface area contributed by atoms with Crippen molar-refractivity contribution in [1.29, 1.82) is 0 Å². The maximum absolute atomic E-state index is 10.1. The van der Waals surface area contributed by atoms with E-state index in [0.717, 1.165) is 42.7 Å². The zero-order valence-corrected chi connectivity index (χ0v) is 16.7. The molecule has 0 spiro atoms. The van der Waals surface area contributed by atoms with Crippen molar-refractivity contribution in [2.24, 2.45) is 0 Å². The highest BCUT2D eigenvalue weighted by Gasteiger charge is 2.22. The number of aromatic nitrogens is 1. The summed E-state index contributed by atoms with van der Waals surface area (Å²) in [6.07, 6.45) is 9.56. The molecule has 1 saturated carbocycles. The molecule has 2 aromatic rings. The summed E-state index contributed by atoms with van der Waals surface area (Å²) in [6, 6.07) is 8.77. The van der Waals surface area contributed by atoms with Gasteiger partial charge in [-0.3, -0.25) is 0 Å². The number of halogens is 1. The summed E-state index contributed by atoms with van der Waals surface area (Å²) >= 11 is 6.19. The van der Waals surface area contributed by atoms with Crippen LogP contribution >= 0.6 is 11.6 Å². The van der Waals surface area contributed by atoms with E-state index in [9.17, 15) is 5.11 Å². The number of hydrogen-bond donors (Lipinski definition) is 2. The molecule has 2 fully saturated rings. The van der Waals surface area contributed by atoms with Crippen LogP contribution in [-0.4, -0.2) is 35.3 Å². The van der Waals surface area contributed by atoms with Crippen molar-refractivity contribution in [2.45, 2.75) is 70.1 Å². The number of rotatable bonds is 4. The first-order valence-electron chi connectivity index (χ1n) is 10.4. The van der Waals surface area contributed by atoms with Crippen molar-refractivity contribution in [2.75, 3.05) is 18.0 Å². The highest BCUT2D eigenvalue weighted by molar-refractivity contribution is 6.31. The highest BCUT2D eigenvalue weighted by Crippen LogP contribution is 2.28. The second kappa shape index (κ2) is 8.76. The van der Waals surface area contributed by atoms with Crippen LogP contribution in [0.4, 0.5) is 5.82 Å². The quantitative estimate of drug-likeness (QED) is 0.749. The molecule has 5 heteroatoms. The van der Waals surface area contributed by atoms with E-state index in [1.807, 2.05) is 12.1 Å². The fourth-order valence-electron chi connectivity index (χ4n) is 4.46. The summed E-state index contributed by atoms with van der Waals surface area (Å²) in [6.45, 7) is 2.44. The van der Waals surface area contributed by atoms with E-state index in [1.54, 1.807) is 0 Å². The van der Waals surface area contributed by atoms with E-state index in [-0.39, 0.29) is 6.10 Å². The van der Waals surface area contributed by atoms with E-state index in [0.29, 0.717) is 17.6 Å². The molecule has 4 nitrogen and oxygen atoms in total. The van der Waals surface area contributed by atoms with Crippen LogP contribution in [0.3, 0.4) is 0 Å². The Morgan fingerprint density at radius 1 is 1.07 bits per heavy atom. The lowest BCUT2D eigenvalue weighted by Gasteiger charge is -2.33. The Morgan fingerprint density at radius 3 is 2.67 bits per heavy atom. The number of β-amino-alcohol motifs (C(OH)–C–C–N with tert-alkyl or cyclic N) is 1. The molecule has 1 aliphatic heterocycles. The summed E-state index contributed by atoms with van der Waals surface area (Å²) in [5.74, 6) is 1.00. The van der Waals surface area contributed by atoms with Crippen molar-refractivity contribution >= 4 is 28.3 Å². The second-order valence-electron chi connectivity index (χ2n) is 8.12. The zero-order chi connectivity index (χ0) is 18.6. The van der Waals surface area contributed by atoms with Gasteiger partial charge in [0.15, 0.2) is 0 Å². The van der Waals surface area contributed by atoms with Gasteiger partial charge in [-0.1, -0.05) is 43.4 Å². The molecule has 4 rings (SSSR count). The predicted octanol–water partition coefficient (Wildman–Crippen LogP) is 4.66. The Kier molecular flexibility index (Phi) is 6.16. The maximum Gasteiger partial charge on any atom is 0.133 e. The first-order chi connectivity index (χ1) is 13.2. The van der Waals surface area contributed by atoms with Crippen molar-refractivity contribution in [3.63, 3.8) is 0 Å². The Labute approximate surface area is 166 Å². The third kappa shape index (κ3) is 4.74. The van der Waals surface area contributed by atoms with Crippen LogP contribution < -0.4 is 10.2 Å². The lowest BCUT2D eigenvalue weighted by Crippen LogP contribution is -2.39. The zero-order valence-electron chi connectivity index (χ0n) is 16.0. The average molecular weight is 388 g/mol. The van der Waals surface area contributed by atoms with Gasteiger partial charge in [0.2, 0.25) is 0 Å². The van der Waals surface area contributed by atoms with Gasteiger partial charge in [0.25, 0.3) is 0 Å². The van der Waals surface area contributed by atoms with Crippen LogP contribution in [0, 0.1) is 0 Å². The van der Waals surface area contributed by atoms with Crippen LogP contribution in [-0.2, 0) is 6.54 Å². The minimum absolute atomic E-state index is 0.265. The van der Waals surface area contributed by atoms with Gasteiger partial charge >= 0.3 is 0 Å². The standard InChI is InChI=1S/C22H30ClN3O/c23-18-10-9-16-12-17(14-24-19-6-3-1-2-4-7-19)22(25-21(16)13-18)26-11-5-8-20(27)15-26/h9-10,12-13,19-20,24,27H,1-8,11,14-15H2. The van der Waals surface area contributed by atoms with Crippen molar-refractivity contribution in [1.82, 2.24) is 10.3 Å². The predicted molar refractivity (Wildman–Crippen MR) is 113 cm³/mol. The van der Waals surface area contributed by atoms with E-state index in [2.05, 4.69) is 22.3 Å². The molecule has 1 aromatic heterocycles. The summed E-state index contributed by atoms with van der Waals surface area (Å²) in [5.41, 5.74) is 2.15. The Balaban J connectivity index is 1.61. The maximum atomic E-state index is 10.1. The van der Waals surface area contributed by atoms with Crippen LogP contribution in [0.15, 0.2) is 24.3 Å². The molecule has 1 aliphatic carbocycles. The third-order valence-corrected chi connectivity index (χ3v) is 6.20. The number of fused-ring (bicyclic) bond motifs is 1. The summed E-state index contributed by atoms with van der Waals surface area (Å²) in [7, 11) is 0. The molecular weight excluding hydrogens is 358 g/mol. The Hall–Kier alpha value is -1.36. The van der Waals surface area contributed by atoms with E-state index < -0.39 is 0 Å². The Bertz CT molecular complexity index is 773. The molecule has 146 valence electrons. The van der Waals surface area contributed by atoms with Gasteiger partial charge in [-0.2, -0.15) is 0 Å². The fraction of sp³-hybridized carbons (Fsp3) is 0.591. The number of aliphatic hydroxyl groups is 1. The molecule has 2 aliphatic rings. The molecule has 27 heavy (non-hydrogen) atoms. The highest BCUT2D eigenvalue weighted by atomic mass is 35.5. The molecule has 1 saturated heterocycles. The van der Waals surface area contributed by atoms with Crippen molar-refractivity contribution in [3.8, 4) is 0 Å². The van der Waals surface area contributed by atoms with Crippen molar-refractivity contribution in [3.05, 3.63) is 34.9 Å². The number of benzene rings is 1. The minimum Gasteiger partial charge on any atom is -0.391 e. The number of aliphatic hydroxyl groups excluding tert-OH is 1. The van der Waals surface area contributed by atoms with Gasteiger partial charge in [-0.15, -0.1) is 0 Å². The topological polar surface area (TPSA) is 48.4 Å². The van der Waals surface area contributed by atoms with Crippen LogP contribution in [0.5, 0.6) is 0 Å². The molecule has 2 heterocycles. The fourth-order valence-corrected chi connectivity index (χ4v) is 4.63. The van der Waals surface area contributed by atoms with Crippen molar-refractivity contribution < 1.29 is 5.11 Å². The number of piperidine rings is 1.